The third kappa shape index (κ3) is 1.89. The highest BCUT2D eigenvalue weighted by atomic mass is 16.5. The fourth-order valence-electron chi connectivity index (χ4n) is 1.97. The van der Waals surface area contributed by atoms with Crippen molar-refractivity contribution in [2.75, 3.05) is 0 Å². The topological polar surface area (TPSA) is 26.3 Å². The Kier molecular flexibility index (Phi) is 2.76. The van der Waals surface area contributed by atoms with Crippen LogP contribution in [-0.4, -0.2) is 11.9 Å². The summed E-state index contributed by atoms with van der Waals surface area (Å²) in [6, 6.07) is 5.77. The summed E-state index contributed by atoms with van der Waals surface area (Å²) < 4.78 is 5.89. The lowest BCUT2D eigenvalue weighted by Crippen LogP contribution is -2.14. The van der Waals surface area contributed by atoms with Crippen molar-refractivity contribution in [3.63, 3.8) is 0 Å². The molecule has 15 heavy (non-hydrogen) atoms. The van der Waals surface area contributed by atoms with E-state index in [1.165, 1.54) is 0 Å². The first-order valence-corrected chi connectivity index (χ1v) is 5.52. The molecule has 0 saturated heterocycles. The number of carbonyl (C=O) groups excluding carboxylic acids is 1. The van der Waals surface area contributed by atoms with Crippen LogP contribution >= 0.6 is 0 Å². The molecule has 1 aliphatic heterocycles. The molecule has 0 aromatic heterocycles. The number of hydrogen-bond acceptors (Lipinski definition) is 2. The Hall–Kier alpha value is -1.31. The summed E-state index contributed by atoms with van der Waals surface area (Å²) in [4.78, 5) is 11.8. The highest BCUT2D eigenvalue weighted by Gasteiger charge is 2.22. The number of fused-ring (bicyclic) bond motifs is 1. The van der Waals surface area contributed by atoms with Gasteiger partial charge in [0.25, 0.3) is 0 Å². The number of Topliss-reactive ketones (excluding diaryl/α,β-unsaturated/α-hetero) is 1. The molecule has 1 aliphatic rings. The number of hydrogen-bond donors (Lipinski definition) is 0. The van der Waals surface area contributed by atoms with Crippen LogP contribution in [0.2, 0.25) is 0 Å². The van der Waals surface area contributed by atoms with Crippen LogP contribution in [0.1, 0.15) is 42.1 Å². The number of para-hydroxylation sites is 1. The van der Waals surface area contributed by atoms with E-state index in [-0.39, 0.29) is 11.9 Å². The first-order valence-electron chi connectivity index (χ1n) is 5.52. The summed E-state index contributed by atoms with van der Waals surface area (Å²) in [6.07, 6.45) is 2.59. The van der Waals surface area contributed by atoms with E-state index in [0.717, 1.165) is 29.7 Å². The van der Waals surface area contributed by atoms with Gasteiger partial charge in [-0.1, -0.05) is 19.1 Å². The van der Waals surface area contributed by atoms with E-state index in [1.54, 1.807) is 0 Å². The predicted molar refractivity (Wildman–Crippen MR) is 59.5 cm³/mol. The maximum Gasteiger partial charge on any atom is 0.166 e. The second-order valence-corrected chi connectivity index (χ2v) is 4.06. The van der Waals surface area contributed by atoms with E-state index in [2.05, 4.69) is 6.92 Å². The number of ketones is 1. The monoisotopic (exact) mass is 204 g/mol. The molecular weight excluding hydrogens is 188 g/mol. The highest BCUT2D eigenvalue weighted by Crippen LogP contribution is 2.30. The average Bonchev–Trinajstić information content (AvgIpc) is 2.40. The Morgan fingerprint density at radius 3 is 3.00 bits per heavy atom. The lowest BCUT2D eigenvalue weighted by molar-refractivity contribution is 0.0976. The molecule has 0 fully saturated rings. The fraction of sp³-hybridized carbons (Fsp3) is 0.462. The van der Waals surface area contributed by atoms with Crippen LogP contribution in [0.3, 0.4) is 0 Å². The van der Waals surface area contributed by atoms with Gasteiger partial charge in [-0.3, -0.25) is 4.79 Å². The van der Waals surface area contributed by atoms with Crippen LogP contribution in [0.5, 0.6) is 5.75 Å². The van der Waals surface area contributed by atoms with Crippen LogP contribution < -0.4 is 4.74 Å². The van der Waals surface area contributed by atoms with Crippen molar-refractivity contribution in [2.45, 2.75) is 39.2 Å². The third-order valence-electron chi connectivity index (χ3n) is 2.95. The minimum atomic E-state index is 0.191. The van der Waals surface area contributed by atoms with Gasteiger partial charge < -0.3 is 4.74 Å². The number of benzene rings is 1. The predicted octanol–water partition coefficient (Wildman–Crippen LogP) is 3.13. The zero-order valence-corrected chi connectivity index (χ0v) is 9.25. The maximum atomic E-state index is 11.8. The number of ether oxygens (including phenoxy) is 1. The Bertz CT molecular complexity index is 382. The number of rotatable bonds is 1. The summed E-state index contributed by atoms with van der Waals surface area (Å²) in [6.45, 7) is 4.09. The van der Waals surface area contributed by atoms with Crippen LogP contribution in [0, 0.1) is 6.92 Å². The third-order valence-corrected chi connectivity index (χ3v) is 2.95. The first-order chi connectivity index (χ1) is 7.22. The maximum absolute atomic E-state index is 11.8. The zero-order valence-electron chi connectivity index (χ0n) is 9.25. The molecule has 1 aromatic carbocycles. The van der Waals surface area contributed by atoms with Gasteiger partial charge in [0.1, 0.15) is 5.75 Å². The molecule has 2 heteroatoms. The fourth-order valence-corrected chi connectivity index (χ4v) is 1.97. The van der Waals surface area contributed by atoms with E-state index in [4.69, 9.17) is 4.74 Å². The minimum Gasteiger partial charge on any atom is -0.489 e. The van der Waals surface area contributed by atoms with Crippen LogP contribution in [0.4, 0.5) is 0 Å². The Labute approximate surface area is 90.3 Å². The van der Waals surface area contributed by atoms with Crippen molar-refractivity contribution < 1.29 is 9.53 Å². The van der Waals surface area contributed by atoms with Crippen molar-refractivity contribution in [3.05, 3.63) is 29.3 Å². The number of carbonyl (C=O) groups is 1. The molecule has 1 unspecified atom stereocenters. The van der Waals surface area contributed by atoms with Gasteiger partial charge in [-0.15, -0.1) is 0 Å². The van der Waals surface area contributed by atoms with Gasteiger partial charge in [0, 0.05) is 6.42 Å². The summed E-state index contributed by atoms with van der Waals surface area (Å²) in [7, 11) is 0. The van der Waals surface area contributed by atoms with Gasteiger partial charge in [0.15, 0.2) is 5.78 Å². The van der Waals surface area contributed by atoms with E-state index in [1.807, 2.05) is 25.1 Å². The second kappa shape index (κ2) is 4.05. The lowest BCUT2D eigenvalue weighted by Gasteiger charge is -2.16. The van der Waals surface area contributed by atoms with Crippen molar-refractivity contribution in [1.29, 1.82) is 0 Å². The van der Waals surface area contributed by atoms with Crippen LogP contribution in [-0.2, 0) is 0 Å². The van der Waals surface area contributed by atoms with Gasteiger partial charge in [-0.05, 0) is 31.4 Å². The van der Waals surface area contributed by atoms with E-state index >= 15 is 0 Å². The molecule has 0 saturated carbocycles. The van der Waals surface area contributed by atoms with Crippen LogP contribution in [0.25, 0.3) is 0 Å². The van der Waals surface area contributed by atoms with Crippen LogP contribution in [0.15, 0.2) is 18.2 Å². The van der Waals surface area contributed by atoms with Crippen molar-refractivity contribution in [1.82, 2.24) is 0 Å². The molecule has 0 spiro atoms. The molecule has 1 heterocycles. The number of aryl methyl sites for hydroxylation is 1. The Balaban J connectivity index is 2.45. The molecule has 2 rings (SSSR count). The van der Waals surface area contributed by atoms with E-state index in [9.17, 15) is 4.79 Å². The SMILES string of the molecule is CCC1CCC(=O)c2cccc(C)c2O1. The van der Waals surface area contributed by atoms with E-state index < -0.39 is 0 Å². The molecule has 0 radical (unpaired) electrons. The minimum absolute atomic E-state index is 0.191. The standard InChI is InChI=1S/C13H16O2/c1-3-10-7-8-12(14)11-6-4-5-9(2)13(11)15-10/h4-6,10H,3,7-8H2,1-2H3. The Morgan fingerprint density at radius 1 is 1.47 bits per heavy atom. The van der Waals surface area contributed by atoms with Crippen molar-refractivity contribution in [2.24, 2.45) is 0 Å². The van der Waals surface area contributed by atoms with Gasteiger partial charge in [-0.25, -0.2) is 0 Å². The van der Waals surface area contributed by atoms with Gasteiger partial charge in [0.2, 0.25) is 0 Å². The Morgan fingerprint density at radius 2 is 2.27 bits per heavy atom. The highest BCUT2D eigenvalue weighted by molar-refractivity contribution is 5.99. The lowest BCUT2D eigenvalue weighted by atomic mass is 10.0. The largest absolute Gasteiger partial charge is 0.489 e. The molecule has 0 aliphatic carbocycles. The molecule has 0 amide bonds. The van der Waals surface area contributed by atoms with Crippen molar-refractivity contribution >= 4 is 5.78 Å². The summed E-state index contributed by atoms with van der Waals surface area (Å²) in [5.41, 5.74) is 1.81. The molecule has 2 nitrogen and oxygen atoms in total. The summed E-state index contributed by atoms with van der Waals surface area (Å²) in [5.74, 6) is 1.01. The summed E-state index contributed by atoms with van der Waals surface area (Å²) >= 11 is 0. The van der Waals surface area contributed by atoms with Crippen molar-refractivity contribution in [3.8, 4) is 5.75 Å². The van der Waals surface area contributed by atoms with Gasteiger partial charge in [0.05, 0.1) is 11.7 Å². The second-order valence-electron chi connectivity index (χ2n) is 4.06. The molecule has 1 atom stereocenters. The smallest absolute Gasteiger partial charge is 0.166 e. The molecule has 0 bridgehead atoms. The summed E-state index contributed by atoms with van der Waals surface area (Å²) in [5, 5.41) is 0. The normalized spacial score (nSPS) is 20.4. The van der Waals surface area contributed by atoms with Gasteiger partial charge >= 0.3 is 0 Å². The molecule has 0 N–H and O–H groups in total. The molecular formula is C13H16O2. The molecule has 80 valence electrons. The first kappa shape index (κ1) is 10.2. The van der Waals surface area contributed by atoms with E-state index in [0.29, 0.717) is 6.42 Å². The molecule has 1 aromatic rings. The quantitative estimate of drug-likeness (QED) is 0.702. The zero-order chi connectivity index (χ0) is 10.8. The average molecular weight is 204 g/mol. The van der Waals surface area contributed by atoms with Gasteiger partial charge in [-0.2, -0.15) is 0 Å².